The molecule has 0 aromatic carbocycles. The summed E-state index contributed by atoms with van der Waals surface area (Å²) >= 11 is 1.71. The first-order chi connectivity index (χ1) is 8.20. The molecule has 0 aliphatic rings. The van der Waals surface area contributed by atoms with Gasteiger partial charge in [0, 0.05) is 23.3 Å². The van der Waals surface area contributed by atoms with Gasteiger partial charge in [-0.05, 0) is 32.5 Å². The third-order valence-corrected chi connectivity index (χ3v) is 3.64. The quantitative estimate of drug-likeness (QED) is 0.883. The Morgan fingerprint density at radius 3 is 3.00 bits per heavy atom. The van der Waals surface area contributed by atoms with Gasteiger partial charge in [0.05, 0.1) is 17.2 Å². The van der Waals surface area contributed by atoms with Crippen LogP contribution in [0.1, 0.15) is 36.3 Å². The van der Waals surface area contributed by atoms with Crippen LogP contribution in [0.3, 0.4) is 0 Å². The van der Waals surface area contributed by atoms with Crippen molar-refractivity contribution in [1.82, 2.24) is 14.9 Å². The Morgan fingerprint density at radius 2 is 2.35 bits per heavy atom. The Labute approximate surface area is 107 Å². The van der Waals surface area contributed by atoms with E-state index in [-0.39, 0.29) is 0 Å². The zero-order chi connectivity index (χ0) is 12.3. The summed E-state index contributed by atoms with van der Waals surface area (Å²) in [6.07, 6.45) is 2.12. The first-order valence-corrected chi connectivity index (χ1v) is 6.88. The maximum atomic E-state index is 4.51. The molecule has 0 fully saturated rings. The predicted molar refractivity (Wildman–Crippen MR) is 72.5 cm³/mol. The van der Waals surface area contributed by atoms with E-state index in [2.05, 4.69) is 52.4 Å². The van der Waals surface area contributed by atoms with Gasteiger partial charge in [-0.2, -0.15) is 0 Å². The minimum atomic E-state index is 0.384. The van der Waals surface area contributed by atoms with Crippen LogP contribution >= 0.6 is 11.3 Å². The Kier molecular flexibility index (Phi) is 3.97. The maximum absolute atomic E-state index is 4.51. The summed E-state index contributed by atoms with van der Waals surface area (Å²) in [6.45, 7) is 8.23. The van der Waals surface area contributed by atoms with E-state index in [1.165, 1.54) is 5.69 Å². The number of nitrogens with one attached hydrogen (secondary N) is 1. The summed E-state index contributed by atoms with van der Waals surface area (Å²) < 4.78 is 2.27. The van der Waals surface area contributed by atoms with Crippen LogP contribution in [0, 0.1) is 6.92 Å². The molecule has 0 saturated carbocycles. The summed E-state index contributed by atoms with van der Waals surface area (Å²) in [5, 5.41) is 6.71. The van der Waals surface area contributed by atoms with Gasteiger partial charge in [0.1, 0.15) is 0 Å². The van der Waals surface area contributed by atoms with E-state index in [1.807, 2.05) is 6.92 Å². The normalized spacial score (nSPS) is 12.9. The van der Waals surface area contributed by atoms with E-state index in [0.29, 0.717) is 6.04 Å². The molecule has 3 nitrogen and oxygen atoms in total. The van der Waals surface area contributed by atoms with Crippen LogP contribution in [0.4, 0.5) is 0 Å². The zero-order valence-corrected chi connectivity index (χ0v) is 11.4. The number of nitrogens with zero attached hydrogens (tertiary/aromatic N) is 2. The van der Waals surface area contributed by atoms with Crippen LogP contribution in [0.2, 0.25) is 0 Å². The van der Waals surface area contributed by atoms with Crippen molar-refractivity contribution in [3.63, 3.8) is 0 Å². The second-order valence-corrected chi connectivity index (χ2v) is 5.26. The highest BCUT2D eigenvalue weighted by molar-refractivity contribution is 7.09. The smallest absolute Gasteiger partial charge is 0.0898 e. The predicted octanol–water partition coefficient (Wildman–Crippen LogP) is 2.97. The van der Waals surface area contributed by atoms with Crippen molar-refractivity contribution >= 4 is 11.3 Å². The largest absolute Gasteiger partial charge is 0.344 e. The summed E-state index contributed by atoms with van der Waals surface area (Å²) in [6, 6.07) is 4.66. The number of hydrogen-bond acceptors (Lipinski definition) is 3. The number of thiazole rings is 1. The Hall–Kier alpha value is -1.13. The minimum absolute atomic E-state index is 0.384. The zero-order valence-electron chi connectivity index (χ0n) is 10.6. The third-order valence-electron chi connectivity index (χ3n) is 2.82. The summed E-state index contributed by atoms with van der Waals surface area (Å²) in [5.41, 5.74) is 2.46. The van der Waals surface area contributed by atoms with E-state index in [1.54, 1.807) is 11.3 Å². The van der Waals surface area contributed by atoms with Crippen molar-refractivity contribution in [1.29, 1.82) is 0 Å². The second-order valence-electron chi connectivity index (χ2n) is 4.20. The molecule has 92 valence electrons. The van der Waals surface area contributed by atoms with Gasteiger partial charge in [0.25, 0.3) is 0 Å². The Morgan fingerprint density at radius 1 is 1.53 bits per heavy atom. The second kappa shape index (κ2) is 5.47. The highest BCUT2D eigenvalue weighted by Crippen LogP contribution is 2.16. The highest BCUT2D eigenvalue weighted by Gasteiger charge is 2.09. The van der Waals surface area contributed by atoms with E-state index in [9.17, 15) is 0 Å². The van der Waals surface area contributed by atoms with Gasteiger partial charge in [0.15, 0.2) is 0 Å². The monoisotopic (exact) mass is 249 g/mol. The standard InChI is InChI=1S/C13H19N3S/c1-4-14-10(2)13-6-5-7-16(13)8-12-9-17-11(3)15-12/h5-7,9-10,14H,4,8H2,1-3H3. The van der Waals surface area contributed by atoms with Crippen LogP contribution in [0.5, 0.6) is 0 Å². The molecule has 2 aromatic heterocycles. The average Bonchev–Trinajstić information content (AvgIpc) is 2.89. The lowest BCUT2D eigenvalue weighted by Crippen LogP contribution is -2.20. The molecule has 0 spiro atoms. The van der Waals surface area contributed by atoms with Gasteiger partial charge >= 0.3 is 0 Å². The lowest BCUT2D eigenvalue weighted by molar-refractivity contribution is 0.552. The lowest BCUT2D eigenvalue weighted by atomic mass is 10.2. The van der Waals surface area contributed by atoms with Crippen molar-refractivity contribution in [2.24, 2.45) is 0 Å². The summed E-state index contributed by atoms with van der Waals surface area (Å²) in [4.78, 5) is 4.51. The number of rotatable bonds is 5. The van der Waals surface area contributed by atoms with Gasteiger partial charge < -0.3 is 9.88 Å². The van der Waals surface area contributed by atoms with Gasteiger partial charge in [-0.25, -0.2) is 4.98 Å². The van der Waals surface area contributed by atoms with E-state index in [4.69, 9.17) is 0 Å². The molecule has 0 aliphatic heterocycles. The van der Waals surface area contributed by atoms with Gasteiger partial charge in [-0.1, -0.05) is 6.92 Å². The van der Waals surface area contributed by atoms with Crippen molar-refractivity contribution < 1.29 is 0 Å². The molecule has 1 N–H and O–H groups in total. The molecular weight excluding hydrogens is 230 g/mol. The summed E-state index contributed by atoms with van der Waals surface area (Å²) in [5.74, 6) is 0. The van der Waals surface area contributed by atoms with Crippen molar-refractivity contribution in [3.05, 3.63) is 40.1 Å². The maximum Gasteiger partial charge on any atom is 0.0898 e. The number of hydrogen-bond donors (Lipinski definition) is 1. The SMILES string of the molecule is CCNC(C)c1cccn1Cc1csc(C)n1. The molecule has 0 aliphatic carbocycles. The molecule has 2 heterocycles. The molecular formula is C13H19N3S. The minimum Gasteiger partial charge on any atom is -0.344 e. The molecule has 1 atom stereocenters. The van der Waals surface area contributed by atoms with Crippen molar-refractivity contribution in [2.45, 2.75) is 33.4 Å². The van der Waals surface area contributed by atoms with E-state index < -0.39 is 0 Å². The Balaban J connectivity index is 2.13. The van der Waals surface area contributed by atoms with Crippen LogP contribution in [-0.2, 0) is 6.54 Å². The number of aryl methyl sites for hydroxylation is 1. The first-order valence-electron chi connectivity index (χ1n) is 6.00. The lowest BCUT2D eigenvalue weighted by Gasteiger charge is -2.15. The highest BCUT2D eigenvalue weighted by atomic mass is 32.1. The van der Waals surface area contributed by atoms with Crippen molar-refractivity contribution in [3.8, 4) is 0 Å². The molecule has 0 radical (unpaired) electrons. The molecule has 2 aromatic rings. The van der Waals surface area contributed by atoms with Gasteiger partial charge in [0.2, 0.25) is 0 Å². The van der Waals surface area contributed by atoms with Crippen molar-refractivity contribution in [2.75, 3.05) is 6.54 Å². The fourth-order valence-corrected chi connectivity index (χ4v) is 2.63. The first kappa shape index (κ1) is 12.3. The molecule has 2 rings (SSSR count). The molecule has 1 unspecified atom stereocenters. The molecule has 17 heavy (non-hydrogen) atoms. The topological polar surface area (TPSA) is 29.9 Å². The molecule has 0 amide bonds. The van der Waals surface area contributed by atoms with Crippen LogP contribution in [0.25, 0.3) is 0 Å². The fraction of sp³-hybridized carbons (Fsp3) is 0.462. The summed E-state index contributed by atoms with van der Waals surface area (Å²) in [7, 11) is 0. The number of aromatic nitrogens is 2. The fourth-order valence-electron chi connectivity index (χ4n) is 2.03. The van der Waals surface area contributed by atoms with E-state index in [0.717, 1.165) is 23.8 Å². The molecule has 0 bridgehead atoms. The van der Waals surface area contributed by atoms with Gasteiger partial charge in [-0.15, -0.1) is 11.3 Å². The van der Waals surface area contributed by atoms with Crippen LogP contribution in [0.15, 0.2) is 23.7 Å². The molecule has 0 saturated heterocycles. The van der Waals surface area contributed by atoms with Gasteiger partial charge in [-0.3, -0.25) is 0 Å². The Bertz CT molecular complexity index is 472. The van der Waals surface area contributed by atoms with Crippen LogP contribution < -0.4 is 5.32 Å². The average molecular weight is 249 g/mol. The van der Waals surface area contributed by atoms with E-state index >= 15 is 0 Å². The van der Waals surface area contributed by atoms with Crippen LogP contribution in [-0.4, -0.2) is 16.1 Å². The molecule has 4 heteroatoms. The third kappa shape index (κ3) is 2.96.